The van der Waals surface area contributed by atoms with Crippen molar-refractivity contribution in [3.05, 3.63) is 52.6 Å². The van der Waals surface area contributed by atoms with E-state index in [9.17, 15) is 9.59 Å². The molecule has 2 aromatic heterocycles. The van der Waals surface area contributed by atoms with Gasteiger partial charge in [0, 0.05) is 18.8 Å². The molecule has 2 N–H and O–H groups in total. The van der Waals surface area contributed by atoms with Crippen molar-refractivity contribution in [2.45, 2.75) is 44.6 Å². The first-order valence-corrected chi connectivity index (χ1v) is 10.4. The fraction of sp³-hybridized carbons (Fsp3) is 0.500. The van der Waals surface area contributed by atoms with Gasteiger partial charge in [0.1, 0.15) is 11.6 Å². The molecule has 2 atom stereocenters. The van der Waals surface area contributed by atoms with Gasteiger partial charge in [-0.3, -0.25) is 14.5 Å². The molecule has 7 heteroatoms. The Kier molecular flexibility index (Phi) is 5.94. The highest BCUT2D eigenvalue weighted by atomic mass is 16.5. The molecule has 1 saturated carbocycles. The maximum absolute atomic E-state index is 12.7. The third-order valence-corrected chi connectivity index (χ3v) is 5.83. The molecule has 0 radical (unpaired) electrons. The predicted octanol–water partition coefficient (Wildman–Crippen LogP) is 2.77. The molecule has 29 heavy (non-hydrogen) atoms. The number of piperidine rings is 1. The summed E-state index contributed by atoms with van der Waals surface area (Å²) in [5.74, 6) is 2.22. The zero-order chi connectivity index (χ0) is 20.2. The van der Waals surface area contributed by atoms with Gasteiger partial charge in [0.05, 0.1) is 18.8 Å². The van der Waals surface area contributed by atoms with Crippen LogP contribution in [0.4, 0.5) is 5.82 Å². The Balaban J connectivity index is 1.31. The number of rotatable bonds is 7. The number of hydrogen-bond acceptors (Lipinski definition) is 5. The number of carbonyl (C=O) groups excluding carboxylic acids is 1. The Morgan fingerprint density at radius 3 is 2.86 bits per heavy atom. The van der Waals surface area contributed by atoms with E-state index in [-0.39, 0.29) is 17.5 Å². The first kappa shape index (κ1) is 19.6. The van der Waals surface area contributed by atoms with Crippen LogP contribution in [0.1, 0.15) is 44.1 Å². The first-order chi connectivity index (χ1) is 14.1. The van der Waals surface area contributed by atoms with E-state index in [1.165, 1.54) is 12.8 Å². The third-order valence-electron chi connectivity index (χ3n) is 5.83. The van der Waals surface area contributed by atoms with Crippen LogP contribution in [0.15, 0.2) is 41.5 Å². The molecule has 2 aromatic rings. The molecule has 3 heterocycles. The average Bonchev–Trinajstić information content (AvgIpc) is 3.58. The molecule has 1 aliphatic heterocycles. The molecule has 0 unspecified atom stereocenters. The summed E-state index contributed by atoms with van der Waals surface area (Å²) in [4.78, 5) is 33.3. The molecule has 1 saturated heterocycles. The number of anilines is 1. The second-order valence-electron chi connectivity index (χ2n) is 8.12. The number of H-pyrrole nitrogens is 1. The molecule has 0 aromatic carbocycles. The summed E-state index contributed by atoms with van der Waals surface area (Å²) in [6.07, 6.45) is 8.03. The largest absolute Gasteiger partial charge is 0.492 e. The summed E-state index contributed by atoms with van der Waals surface area (Å²) in [7, 11) is 0. The Morgan fingerprint density at radius 1 is 1.31 bits per heavy atom. The molecule has 1 aliphatic carbocycles. The number of aromatic nitrogens is 2. The van der Waals surface area contributed by atoms with Crippen LogP contribution in [0.25, 0.3) is 0 Å². The number of amides is 1. The second kappa shape index (κ2) is 8.78. The van der Waals surface area contributed by atoms with Crippen LogP contribution in [0.2, 0.25) is 0 Å². The van der Waals surface area contributed by atoms with Gasteiger partial charge in [-0.25, -0.2) is 4.98 Å². The van der Waals surface area contributed by atoms with E-state index in [1.54, 1.807) is 24.5 Å². The number of pyridine rings is 2. The van der Waals surface area contributed by atoms with Crippen molar-refractivity contribution in [2.24, 2.45) is 5.92 Å². The van der Waals surface area contributed by atoms with E-state index in [1.807, 2.05) is 19.1 Å². The summed E-state index contributed by atoms with van der Waals surface area (Å²) in [5, 5.41) is 2.91. The number of aromatic amines is 1. The van der Waals surface area contributed by atoms with Crippen LogP contribution in [-0.4, -0.2) is 46.5 Å². The van der Waals surface area contributed by atoms with Crippen molar-refractivity contribution in [1.82, 2.24) is 14.9 Å². The van der Waals surface area contributed by atoms with Crippen molar-refractivity contribution in [3.8, 4) is 5.75 Å². The van der Waals surface area contributed by atoms with E-state index in [0.717, 1.165) is 43.9 Å². The van der Waals surface area contributed by atoms with Crippen molar-refractivity contribution in [2.75, 3.05) is 25.0 Å². The minimum absolute atomic E-state index is 0.0636. The maximum Gasteiger partial charge on any atom is 0.247 e. The van der Waals surface area contributed by atoms with Crippen LogP contribution in [0.3, 0.4) is 0 Å². The van der Waals surface area contributed by atoms with Gasteiger partial charge in [0.2, 0.25) is 11.5 Å². The lowest BCUT2D eigenvalue weighted by molar-refractivity contribution is -0.121. The Labute approximate surface area is 170 Å². The van der Waals surface area contributed by atoms with E-state index in [0.29, 0.717) is 17.7 Å². The highest BCUT2D eigenvalue weighted by Crippen LogP contribution is 2.30. The fourth-order valence-electron chi connectivity index (χ4n) is 3.74. The van der Waals surface area contributed by atoms with Crippen molar-refractivity contribution in [1.29, 1.82) is 0 Å². The first-order valence-electron chi connectivity index (χ1n) is 10.4. The van der Waals surface area contributed by atoms with Crippen LogP contribution >= 0.6 is 0 Å². The number of likely N-dealkylation sites (tertiary alicyclic amines) is 1. The molecule has 0 bridgehead atoms. The Hall–Kier alpha value is -2.67. The van der Waals surface area contributed by atoms with Gasteiger partial charge in [-0.2, -0.15) is 0 Å². The van der Waals surface area contributed by atoms with Crippen molar-refractivity contribution in [3.63, 3.8) is 0 Å². The van der Waals surface area contributed by atoms with Gasteiger partial charge in [0.15, 0.2) is 0 Å². The fourth-order valence-corrected chi connectivity index (χ4v) is 3.74. The zero-order valence-corrected chi connectivity index (χ0v) is 16.8. The Bertz CT molecular complexity index is 871. The third kappa shape index (κ3) is 5.23. The van der Waals surface area contributed by atoms with Gasteiger partial charge >= 0.3 is 0 Å². The van der Waals surface area contributed by atoms with E-state index in [4.69, 9.17) is 4.74 Å². The molecular weight excluding hydrogens is 368 g/mol. The van der Waals surface area contributed by atoms with Gasteiger partial charge in [-0.15, -0.1) is 0 Å². The quantitative estimate of drug-likeness (QED) is 0.751. The molecule has 4 rings (SSSR count). The molecule has 0 spiro atoms. The maximum atomic E-state index is 12.7. The minimum Gasteiger partial charge on any atom is -0.492 e. The van der Waals surface area contributed by atoms with E-state index < -0.39 is 0 Å². The van der Waals surface area contributed by atoms with Crippen LogP contribution < -0.4 is 15.6 Å². The smallest absolute Gasteiger partial charge is 0.247 e. The van der Waals surface area contributed by atoms with E-state index >= 15 is 0 Å². The second-order valence-corrected chi connectivity index (χ2v) is 8.12. The number of carbonyl (C=O) groups is 1. The number of nitrogens with one attached hydrogen (secondary N) is 2. The summed E-state index contributed by atoms with van der Waals surface area (Å²) in [6, 6.07) is 6.82. The molecule has 154 valence electrons. The summed E-state index contributed by atoms with van der Waals surface area (Å²) < 4.78 is 5.69. The van der Waals surface area contributed by atoms with Gasteiger partial charge in [-0.05, 0) is 68.7 Å². The lowest BCUT2D eigenvalue weighted by atomic mass is 9.91. The number of ether oxygens (including phenoxy) is 1. The highest BCUT2D eigenvalue weighted by Gasteiger charge is 2.28. The average molecular weight is 396 g/mol. The summed E-state index contributed by atoms with van der Waals surface area (Å²) in [5.41, 5.74) is 1.02. The number of nitrogens with zero attached hydrogens (tertiary/aromatic N) is 2. The van der Waals surface area contributed by atoms with Crippen LogP contribution in [0, 0.1) is 5.92 Å². The topological polar surface area (TPSA) is 87.3 Å². The predicted molar refractivity (Wildman–Crippen MR) is 111 cm³/mol. The summed E-state index contributed by atoms with van der Waals surface area (Å²) in [6.45, 7) is 4.35. The molecule has 2 fully saturated rings. The van der Waals surface area contributed by atoms with Crippen LogP contribution in [0.5, 0.6) is 5.75 Å². The Morgan fingerprint density at radius 2 is 2.17 bits per heavy atom. The van der Waals surface area contributed by atoms with Crippen molar-refractivity contribution >= 4 is 11.7 Å². The monoisotopic (exact) mass is 396 g/mol. The van der Waals surface area contributed by atoms with Gasteiger partial charge in [-0.1, -0.05) is 6.07 Å². The van der Waals surface area contributed by atoms with Gasteiger partial charge in [0.25, 0.3) is 0 Å². The lowest BCUT2D eigenvalue weighted by Gasteiger charge is -2.36. The van der Waals surface area contributed by atoms with Gasteiger partial charge < -0.3 is 15.0 Å². The normalized spacial score (nSPS) is 20.8. The highest BCUT2D eigenvalue weighted by molar-refractivity contribution is 5.93. The zero-order valence-electron chi connectivity index (χ0n) is 16.8. The molecular formula is C22H28N4O3. The number of hydrogen-bond donors (Lipinski definition) is 2. The summed E-state index contributed by atoms with van der Waals surface area (Å²) >= 11 is 0. The standard InChI is InChI=1S/C22H28N4O3/c1-15(26-10-2-3-18(13-26)17-6-9-21(27)24-11-17)22(28)25-20-8-7-19(12-23-20)29-14-16-4-5-16/h6-9,11-12,15-16,18H,2-5,10,13-14H2,1H3,(H,24,27)(H,23,25,28)/t15-,18+/m0/s1. The van der Waals surface area contributed by atoms with Crippen molar-refractivity contribution < 1.29 is 9.53 Å². The lowest BCUT2D eigenvalue weighted by Crippen LogP contribution is -2.46. The molecule has 2 aliphatic rings. The minimum atomic E-state index is -0.256. The SMILES string of the molecule is C[C@@H](C(=O)Nc1ccc(OCC2CC2)cn1)N1CCC[C@@H](c2ccc(=O)[nH]c2)C1. The van der Waals surface area contributed by atoms with Crippen LogP contribution in [-0.2, 0) is 4.79 Å². The van der Waals surface area contributed by atoms with E-state index in [2.05, 4.69) is 20.2 Å². The molecule has 7 nitrogen and oxygen atoms in total. The molecule has 1 amide bonds.